The van der Waals surface area contributed by atoms with Crippen molar-refractivity contribution in [2.24, 2.45) is 0 Å². The minimum absolute atomic E-state index is 0.225. The van der Waals surface area contributed by atoms with Gasteiger partial charge in [0.2, 0.25) is 6.29 Å². The van der Waals surface area contributed by atoms with Gasteiger partial charge < -0.3 is 9.47 Å². The lowest BCUT2D eigenvalue weighted by molar-refractivity contribution is -0.189. The molecular weight excluding hydrogens is 400 g/mol. The highest BCUT2D eigenvalue weighted by Gasteiger charge is 2.18. The van der Waals surface area contributed by atoms with Gasteiger partial charge in [-0.1, -0.05) is 124 Å². The summed E-state index contributed by atoms with van der Waals surface area (Å²) in [6.07, 6.45) is 23.0. The van der Waals surface area contributed by atoms with Crippen LogP contribution in [-0.4, -0.2) is 18.2 Å². The predicted molar refractivity (Wildman–Crippen MR) is 135 cm³/mol. The molecule has 0 atom stereocenters. The zero-order valence-corrected chi connectivity index (χ0v) is 21.8. The van der Waals surface area contributed by atoms with Crippen molar-refractivity contribution >= 4 is 11.9 Å². The monoisotopic (exact) mass is 454 g/mol. The number of hydrogen-bond donors (Lipinski definition) is 0. The topological polar surface area (TPSA) is 52.6 Å². The van der Waals surface area contributed by atoms with Crippen LogP contribution in [0.3, 0.4) is 0 Å². The van der Waals surface area contributed by atoms with Gasteiger partial charge in [-0.3, -0.25) is 9.59 Å². The van der Waals surface area contributed by atoms with Crippen LogP contribution in [0, 0.1) is 0 Å². The number of hydrogen-bond acceptors (Lipinski definition) is 4. The van der Waals surface area contributed by atoms with E-state index in [1.807, 2.05) is 0 Å². The van der Waals surface area contributed by atoms with Gasteiger partial charge in [-0.15, -0.1) is 0 Å². The van der Waals surface area contributed by atoms with Crippen molar-refractivity contribution in [3.05, 3.63) is 0 Å². The van der Waals surface area contributed by atoms with Gasteiger partial charge in [-0.05, 0) is 19.3 Å². The number of esters is 2. The van der Waals surface area contributed by atoms with Gasteiger partial charge in [-0.2, -0.15) is 0 Å². The third-order valence-corrected chi connectivity index (χ3v) is 6.04. The Labute approximate surface area is 199 Å². The fourth-order valence-corrected chi connectivity index (χ4v) is 3.92. The molecule has 0 aliphatic heterocycles. The smallest absolute Gasteiger partial charge is 0.308 e. The maximum atomic E-state index is 12.2. The maximum absolute atomic E-state index is 12.2. The summed E-state index contributed by atoms with van der Waals surface area (Å²) in [5.41, 5.74) is 0. The molecule has 0 heterocycles. The molecule has 0 aromatic rings. The highest BCUT2D eigenvalue weighted by molar-refractivity contribution is 5.71. The number of ether oxygens (including phenoxy) is 2. The van der Waals surface area contributed by atoms with Crippen LogP contribution in [-0.2, 0) is 19.1 Å². The quantitative estimate of drug-likeness (QED) is 0.0829. The Morgan fingerprint density at radius 2 is 0.781 bits per heavy atom. The Balaban J connectivity index is 4.00. The van der Waals surface area contributed by atoms with Crippen LogP contribution in [0.4, 0.5) is 0 Å². The Morgan fingerprint density at radius 1 is 0.469 bits per heavy atom. The summed E-state index contributed by atoms with van der Waals surface area (Å²) < 4.78 is 11.1. The molecule has 0 saturated heterocycles. The Morgan fingerprint density at radius 3 is 1.16 bits per heavy atom. The van der Waals surface area contributed by atoms with Gasteiger partial charge in [-0.25, -0.2) is 0 Å². The number of unbranched alkanes of at least 4 members (excludes halogenated alkanes) is 16. The first-order valence-electron chi connectivity index (χ1n) is 14.0. The SMILES string of the molecule is CCCCCCCCCCC(=O)OC(CCCCC)OC(=O)CCCCCCCCCC. The zero-order valence-electron chi connectivity index (χ0n) is 21.8. The summed E-state index contributed by atoms with van der Waals surface area (Å²) in [6.45, 7) is 6.60. The fourth-order valence-electron chi connectivity index (χ4n) is 3.92. The Kier molecular flexibility index (Phi) is 23.8. The summed E-state index contributed by atoms with van der Waals surface area (Å²) in [4.78, 5) is 24.5. The first-order chi connectivity index (χ1) is 15.6. The van der Waals surface area contributed by atoms with Crippen LogP contribution in [0.2, 0.25) is 0 Å². The summed E-state index contributed by atoms with van der Waals surface area (Å²) in [7, 11) is 0. The molecule has 0 fully saturated rings. The molecule has 0 amide bonds. The lowest BCUT2D eigenvalue weighted by Crippen LogP contribution is -2.24. The van der Waals surface area contributed by atoms with Crippen LogP contribution in [0.25, 0.3) is 0 Å². The van der Waals surface area contributed by atoms with E-state index < -0.39 is 6.29 Å². The van der Waals surface area contributed by atoms with E-state index in [0.29, 0.717) is 19.3 Å². The molecule has 0 unspecified atom stereocenters. The highest BCUT2D eigenvalue weighted by Crippen LogP contribution is 2.15. The number of carbonyl (C=O) groups excluding carboxylic acids is 2. The summed E-state index contributed by atoms with van der Waals surface area (Å²) in [5.74, 6) is -0.449. The second-order valence-electron chi connectivity index (χ2n) is 9.35. The van der Waals surface area contributed by atoms with E-state index in [2.05, 4.69) is 20.8 Å². The fraction of sp³-hybridized carbons (Fsp3) is 0.929. The lowest BCUT2D eigenvalue weighted by atomic mass is 10.1. The number of carbonyl (C=O) groups is 2. The van der Waals surface area contributed by atoms with Crippen molar-refractivity contribution in [3.8, 4) is 0 Å². The standard InChI is InChI=1S/C28H54O4/c1-4-7-10-12-14-16-18-21-23-26(29)31-28(25-20-9-6-3)32-27(30)24-22-19-17-15-13-11-8-5-2/h28H,4-25H2,1-3H3. The molecular formula is C28H54O4. The molecule has 0 spiro atoms. The van der Waals surface area contributed by atoms with Crippen molar-refractivity contribution in [1.29, 1.82) is 0 Å². The average molecular weight is 455 g/mol. The Hall–Kier alpha value is -1.06. The molecule has 0 aliphatic carbocycles. The summed E-state index contributed by atoms with van der Waals surface area (Å²) in [6, 6.07) is 0. The van der Waals surface area contributed by atoms with Crippen LogP contribution in [0.5, 0.6) is 0 Å². The lowest BCUT2D eigenvalue weighted by Gasteiger charge is -2.18. The summed E-state index contributed by atoms with van der Waals surface area (Å²) in [5, 5.41) is 0. The molecule has 0 radical (unpaired) electrons. The van der Waals surface area contributed by atoms with Gasteiger partial charge in [0.15, 0.2) is 0 Å². The molecule has 0 aromatic carbocycles. The van der Waals surface area contributed by atoms with Crippen molar-refractivity contribution in [2.45, 2.75) is 168 Å². The molecule has 190 valence electrons. The minimum atomic E-state index is -0.704. The van der Waals surface area contributed by atoms with Gasteiger partial charge in [0.25, 0.3) is 0 Å². The summed E-state index contributed by atoms with van der Waals surface area (Å²) >= 11 is 0. The molecule has 0 aromatic heterocycles. The van der Waals surface area contributed by atoms with E-state index in [-0.39, 0.29) is 11.9 Å². The van der Waals surface area contributed by atoms with Crippen LogP contribution in [0.15, 0.2) is 0 Å². The second-order valence-corrected chi connectivity index (χ2v) is 9.35. The molecule has 0 saturated carbocycles. The van der Waals surface area contributed by atoms with Crippen molar-refractivity contribution in [1.82, 2.24) is 0 Å². The van der Waals surface area contributed by atoms with E-state index in [1.54, 1.807) is 0 Å². The zero-order chi connectivity index (χ0) is 23.7. The second kappa shape index (κ2) is 24.6. The first-order valence-corrected chi connectivity index (χ1v) is 14.0. The van der Waals surface area contributed by atoms with Gasteiger partial charge in [0, 0.05) is 19.3 Å². The van der Waals surface area contributed by atoms with Crippen LogP contribution in [0.1, 0.15) is 162 Å². The van der Waals surface area contributed by atoms with Gasteiger partial charge >= 0.3 is 11.9 Å². The Bertz CT molecular complexity index is 388. The molecule has 0 bridgehead atoms. The number of rotatable bonds is 24. The largest absolute Gasteiger partial charge is 0.425 e. The van der Waals surface area contributed by atoms with E-state index in [9.17, 15) is 9.59 Å². The van der Waals surface area contributed by atoms with Crippen LogP contribution >= 0.6 is 0 Å². The third-order valence-electron chi connectivity index (χ3n) is 6.04. The maximum Gasteiger partial charge on any atom is 0.308 e. The predicted octanol–water partition coefficient (Wildman–Crippen LogP) is 9.04. The first kappa shape index (κ1) is 30.9. The van der Waals surface area contributed by atoms with E-state index >= 15 is 0 Å². The van der Waals surface area contributed by atoms with E-state index in [4.69, 9.17) is 9.47 Å². The van der Waals surface area contributed by atoms with E-state index in [0.717, 1.165) is 44.9 Å². The molecule has 0 N–H and O–H groups in total. The average Bonchev–Trinajstić information content (AvgIpc) is 2.77. The van der Waals surface area contributed by atoms with Crippen LogP contribution < -0.4 is 0 Å². The minimum Gasteiger partial charge on any atom is -0.425 e. The molecule has 32 heavy (non-hydrogen) atoms. The van der Waals surface area contributed by atoms with Crippen molar-refractivity contribution in [2.75, 3.05) is 0 Å². The molecule has 0 aliphatic rings. The molecule has 4 heteroatoms. The normalized spacial score (nSPS) is 11.1. The molecule has 4 nitrogen and oxygen atoms in total. The molecule has 0 rings (SSSR count). The van der Waals surface area contributed by atoms with Gasteiger partial charge in [0.05, 0.1) is 0 Å². The highest BCUT2D eigenvalue weighted by atomic mass is 16.7. The van der Waals surface area contributed by atoms with Crippen molar-refractivity contribution < 1.29 is 19.1 Å². The van der Waals surface area contributed by atoms with Crippen molar-refractivity contribution in [3.63, 3.8) is 0 Å². The third kappa shape index (κ3) is 22.1. The van der Waals surface area contributed by atoms with E-state index in [1.165, 1.54) is 77.0 Å². The van der Waals surface area contributed by atoms with Gasteiger partial charge in [0.1, 0.15) is 0 Å².